The highest BCUT2D eigenvalue weighted by Gasteiger charge is 2.12. The SMILES string of the molecule is Nc1oncc1-c1cc(F)ccc1C=O. The van der Waals surface area contributed by atoms with E-state index in [1.54, 1.807) is 0 Å². The average Bonchev–Trinajstić information content (AvgIpc) is 2.64. The third-order valence-electron chi connectivity index (χ3n) is 2.03. The molecule has 76 valence electrons. The number of nitrogens with two attached hydrogens (primary N) is 1. The molecule has 0 bridgehead atoms. The maximum atomic E-state index is 13.0. The first-order valence-corrected chi connectivity index (χ1v) is 4.17. The molecule has 0 spiro atoms. The Labute approximate surface area is 84.5 Å². The minimum atomic E-state index is -0.448. The van der Waals surface area contributed by atoms with Crippen LogP contribution in [0.25, 0.3) is 11.1 Å². The summed E-state index contributed by atoms with van der Waals surface area (Å²) in [6, 6.07) is 3.80. The van der Waals surface area contributed by atoms with Crippen LogP contribution in [0, 0.1) is 5.82 Å². The van der Waals surface area contributed by atoms with E-state index in [9.17, 15) is 9.18 Å². The molecule has 0 unspecified atom stereocenters. The van der Waals surface area contributed by atoms with Gasteiger partial charge in [-0.3, -0.25) is 4.79 Å². The lowest BCUT2D eigenvalue weighted by molar-refractivity contribution is 0.112. The Hall–Kier alpha value is -2.17. The predicted molar refractivity (Wildman–Crippen MR) is 51.7 cm³/mol. The molecule has 5 heteroatoms. The van der Waals surface area contributed by atoms with Crippen molar-refractivity contribution < 1.29 is 13.7 Å². The van der Waals surface area contributed by atoms with E-state index in [4.69, 9.17) is 5.73 Å². The minimum absolute atomic E-state index is 0.0590. The normalized spacial score (nSPS) is 10.2. The van der Waals surface area contributed by atoms with Crippen molar-refractivity contribution in [1.29, 1.82) is 0 Å². The zero-order valence-corrected chi connectivity index (χ0v) is 7.61. The lowest BCUT2D eigenvalue weighted by Gasteiger charge is -2.01. The van der Waals surface area contributed by atoms with Gasteiger partial charge in [-0.1, -0.05) is 5.16 Å². The van der Waals surface area contributed by atoms with Crippen molar-refractivity contribution >= 4 is 12.2 Å². The number of anilines is 1. The second-order valence-corrected chi connectivity index (χ2v) is 2.95. The van der Waals surface area contributed by atoms with Crippen LogP contribution in [-0.2, 0) is 0 Å². The van der Waals surface area contributed by atoms with Crippen LogP contribution in [0.15, 0.2) is 28.9 Å². The van der Waals surface area contributed by atoms with Gasteiger partial charge < -0.3 is 10.3 Å². The first-order chi connectivity index (χ1) is 7.22. The Morgan fingerprint density at radius 1 is 1.40 bits per heavy atom. The van der Waals surface area contributed by atoms with Crippen molar-refractivity contribution in [3.05, 3.63) is 35.8 Å². The quantitative estimate of drug-likeness (QED) is 0.761. The molecule has 0 radical (unpaired) electrons. The van der Waals surface area contributed by atoms with Gasteiger partial charge in [0.25, 0.3) is 0 Å². The first-order valence-electron chi connectivity index (χ1n) is 4.17. The third kappa shape index (κ3) is 1.59. The molecular weight excluding hydrogens is 199 g/mol. The van der Waals surface area contributed by atoms with Crippen molar-refractivity contribution in [2.45, 2.75) is 0 Å². The molecular formula is C10H7FN2O2. The zero-order chi connectivity index (χ0) is 10.8. The van der Waals surface area contributed by atoms with E-state index in [0.717, 1.165) is 0 Å². The Morgan fingerprint density at radius 2 is 2.20 bits per heavy atom. The second kappa shape index (κ2) is 3.53. The zero-order valence-electron chi connectivity index (χ0n) is 7.61. The summed E-state index contributed by atoms with van der Waals surface area (Å²) in [6.45, 7) is 0. The molecule has 0 aliphatic rings. The lowest BCUT2D eigenvalue weighted by Crippen LogP contribution is -1.91. The van der Waals surface area contributed by atoms with Gasteiger partial charge in [0.15, 0.2) is 6.29 Å². The van der Waals surface area contributed by atoms with Gasteiger partial charge in [-0.2, -0.15) is 0 Å². The monoisotopic (exact) mass is 206 g/mol. The highest BCUT2D eigenvalue weighted by atomic mass is 19.1. The van der Waals surface area contributed by atoms with Crippen LogP contribution in [0.2, 0.25) is 0 Å². The third-order valence-corrected chi connectivity index (χ3v) is 2.03. The van der Waals surface area contributed by atoms with Crippen LogP contribution in [-0.4, -0.2) is 11.4 Å². The summed E-state index contributed by atoms with van der Waals surface area (Å²) in [6.07, 6.45) is 1.97. The van der Waals surface area contributed by atoms with E-state index in [-0.39, 0.29) is 5.88 Å². The highest BCUT2D eigenvalue weighted by molar-refractivity contribution is 5.89. The molecule has 0 fully saturated rings. The van der Waals surface area contributed by atoms with Crippen LogP contribution in [0.1, 0.15) is 10.4 Å². The summed E-state index contributed by atoms with van der Waals surface area (Å²) in [5, 5.41) is 3.46. The fraction of sp³-hybridized carbons (Fsp3) is 0. The van der Waals surface area contributed by atoms with Crippen LogP contribution in [0.4, 0.5) is 10.3 Å². The summed E-state index contributed by atoms with van der Waals surface area (Å²) in [7, 11) is 0. The maximum Gasteiger partial charge on any atom is 0.229 e. The van der Waals surface area contributed by atoms with E-state index in [2.05, 4.69) is 9.68 Å². The van der Waals surface area contributed by atoms with Crippen LogP contribution < -0.4 is 5.73 Å². The largest absolute Gasteiger partial charge is 0.367 e. The van der Waals surface area contributed by atoms with Crippen molar-refractivity contribution in [2.75, 3.05) is 5.73 Å². The minimum Gasteiger partial charge on any atom is -0.367 e. The van der Waals surface area contributed by atoms with Crippen molar-refractivity contribution in [2.24, 2.45) is 0 Å². The summed E-state index contributed by atoms with van der Waals surface area (Å²) in [4.78, 5) is 10.7. The smallest absolute Gasteiger partial charge is 0.229 e. The van der Waals surface area contributed by atoms with Gasteiger partial charge in [0.05, 0.1) is 11.8 Å². The van der Waals surface area contributed by atoms with Gasteiger partial charge in [0, 0.05) is 11.1 Å². The standard InChI is InChI=1S/C10H7FN2O2/c11-7-2-1-6(5-14)8(3-7)9-4-13-15-10(9)12/h1-5H,12H2. The molecule has 2 N–H and O–H groups in total. The fourth-order valence-electron chi connectivity index (χ4n) is 1.32. The Morgan fingerprint density at radius 3 is 2.80 bits per heavy atom. The summed E-state index contributed by atoms with van der Waals surface area (Å²) < 4.78 is 17.6. The molecule has 0 aliphatic heterocycles. The maximum absolute atomic E-state index is 13.0. The van der Waals surface area contributed by atoms with E-state index in [0.29, 0.717) is 23.0 Å². The number of carbonyl (C=O) groups excluding carboxylic acids is 1. The van der Waals surface area contributed by atoms with E-state index in [1.807, 2.05) is 0 Å². The molecule has 1 aromatic carbocycles. The molecule has 15 heavy (non-hydrogen) atoms. The average molecular weight is 206 g/mol. The number of hydrogen-bond acceptors (Lipinski definition) is 4. The molecule has 4 nitrogen and oxygen atoms in total. The van der Waals surface area contributed by atoms with Crippen LogP contribution in [0.5, 0.6) is 0 Å². The van der Waals surface area contributed by atoms with Crippen molar-refractivity contribution in [3.8, 4) is 11.1 Å². The molecule has 0 saturated carbocycles. The summed E-state index contributed by atoms with van der Waals surface area (Å²) in [5.74, 6) is -0.389. The molecule has 1 heterocycles. The summed E-state index contributed by atoms with van der Waals surface area (Å²) >= 11 is 0. The topological polar surface area (TPSA) is 69.1 Å². The fourth-order valence-corrected chi connectivity index (χ4v) is 1.32. The van der Waals surface area contributed by atoms with Gasteiger partial charge >= 0.3 is 0 Å². The number of rotatable bonds is 2. The van der Waals surface area contributed by atoms with Gasteiger partial charge in [-0.05, 0) is 18.2 Å². The Kier molecular flexibility index (Phi) is 2.21. The number of nitrogen functional groups attached to an aromatic ring is 1. The van der Waals surface area contributed by atoms with Gasteiger partial charge in [-0.25, -0.2) is 4.39 Å². The second-order valence-electron chi connectivity index (χ2n) is 2.95. The molecule has 0 amide bonds. The van der Waals surface area contributed by atoms with Gasteiger partial charge in [-0.15, -0.1) is 0 Å². The Bertz CT molecular complexity index is 508. The molecule has 2 rings (SSSR count). The number of nitrogens with zero attached hydrogens (tertiary/aromatic N) is 1. The number of benzene rings is 1. The lowest BCUT2D eigenvalue weighted by atomic mass is 10.0. The number of halogens is 1. The van der Waals surface area contributed by atoms with E-state index >= 15 is 0 Å². The van der Waals surface area contributed by atoms with Crippen molar-refractivity contribution in [3.63, 3.8) is 0 Å². The predicted octanol–water partition coefficient (Wildman–Crippen LogP) is 1.88. The van der Waals surface area contributed by atoms with Crippen LogP contribution >= 0.6 is 0 Å². The number of carbonyl (C=O) groups is 1. The van der Waals surface area contributed by atoms with Gasteiger partial charge in [0.1, 0.15) is 5.82 Å². The first kappa shape index (κ1) is 9.39. The molecule has 0 saturated heterocycles. The van der Waals surface area contributed by atoms with Gasteiger partial charge in [0.2, 0.25) is 5.88 Å². The molecule has 0 aliphatic carbocycles. The number of aldehydes is 1. The molecule has 1 aromatic heterocycles. The van der Waals surface area contributed by atoms with Crippen molar-refractivity contribution in [1.82, 2.24) is 5.16 Å². The summed E-state index contributed by atoms with van der Waals surface area (Å²) in [5.41, 5.74) is 6.61. The molecule has 0 atom stereocenters. The highest BCUT2D eigenvalue weighted by Crippen LogP contribution is 2.28. The Balaban J connectivity index is 2.65. The van der Waals surface area contributed by atoms with Crippen LogP contribution in [0.3, 0.4) is 0 Å². The van der Waals surface area contributed by atoms with E-state index < -0.39 is 5.82 Å². The van der Waals surface area contributed by atoms with E-state index in [1.165, 1.54) is 24.4 Å². The number of hydrogen-bond donors (Lipinski definition) is 1. The molecule has 2 aromatic rings. The number of aromatic nitrogens is 1.